The number of nitrogens with one attached hydrogen (secondary N) is 1. The first-order valence-electron chi connectivity index (χ1n) is 8.81. The average Bonchev–Trinajstić information content (AvgIpc) is 3.30. The first kappa shape index (κ1) is 19.3. The van der Waals surface area contributed by atoms with Crippen molar-refractivity contribution in [3.8, 4) is 0 Å². The molecule has 0 radical (unpaired) electrons. The summed E-state index contributed by atoms with van der Waals surface area (Å²) in [5, 5.41) is 19.8. The van der Waals surface area contributed by atoms with E-state index in [1.807, 2.05) is 36.5 Å². The van der Waals surface area contributed by atoms with E-state index in [4.69, 9.17) is 0 Å². The number of carbonyl (C=O) groups is 2. The number of aliphatic hydroxyl groups is 1. The number of amides is 1. The van der Waals surface area contributed by atoms with Crippen molar-refractivity contribution in [3.05, 3.63) is 44.9 Å². The molecule has 0 aliphatic carbocycles. The Labute approximate surface area is 162 Å². The van der Waals surface area contributed by atoms with Crippen LogP contribution in [0.5, 0.6) is 0 Å². The van der Waals surface area contributed by atoms with Crippen molar-refractivity contribution in [2.75, 3.05) is 27.2 Å². The van der Waals surface area contributed by atoms with Crippen LogP contribution in [0.15, 0.2) is 23.1 Å². The van der Waals surface area contributed by atoms with Crippen LogP contribution in [0.3, 0.4) is 0 Å². The van der Waals surface area contributed by atoms with E-state index in [2.05, 4.69) is 10.2 Å². The predicted octanol–water partition coefficient (Wildman–Crippen LogP) is 2.46. The summed E-state index contributed by atoms with van der Waals surface area (Å²) in [6.07, 6.45) is 0.742. The van der Waals surface area contributed by atoms with Crippen molar-refractivity contribution in [1.82, 2.24) is 20.0 Å². The highest BCUT2D eigenvalue weighted by Gasteiger charge is 2.46. The SMILES string of the molecule is Cc1n[nH]c(C)c1C(O)=C1C(=O)C(=O)N(CCCN(C)C)[C@@H]1c1cccs1. The predicted molar refractivity (Wildman–Crippen MR) is 105 cm³/mol. The van der Waals surface area contributed by atoms with Crippen LogP contribution in [-0.4, -0.2) is 64.0 Å². The molecule has 0 saturated carbocycles. The topological polar surface area (TPSA) is 89.5 Å². The molecule has 2 N–H and O–H groups in total. The summed E-state index contributed by atoms with van der Waals surface area (Å²) in [6.45, 7) is 4.79. The smallest absolute Gasteiger partial charge is 0.295 e. The Bertz CT molecular complexity index is 863. The Balaban J connectivity index is 2.08. The van der Waals surface area contributed by atoms with Crippen LogP contribution in [0.25, 0.3) is 5.76 Å². The molecule has 3 heterocycles. The Morgan fingerprint density at radius 1 is 1.37 bits per heavy atom. The second kappa shape index (κ2) is 7.66. The number of hydrogen-bond donors (Lipinski definition) is 2. The third-order valence-electron chi connectivity index (χ3n) is 4.72. The summed E-state index contributed by atoms with van der Waals surface area (Å²) in [5.41, 5.74) is 1.88. The normalized spacial score (nSPS) is 19.4. The van der Waals surface area contributed by atoms with Crippen molar-refractivity contribution in [3.63, 3.8) is 0 Å². The first-order valence-corrected chi connectivity index (χ1v) is 9.69. The standard InChI is InChI=1S/C19H24N4O3S/c1-11-14(12(2)21-20-11)17(24)15-16(13-7-5-10-27-13)23(19(26)18(15)25)9-6-8-22(3)4/h5,7,10,16,24H,6,8-9H2,1-4H3,(H,20,21)/t16-/m1/s1. The maximum atomic E-state index is 12.8. The fourth-order valence-corrected chi connectivity index (χ4v) is 4.29. The number of aryl methyl sites for hydroxylation is 2. The molecule has 2 aromatic rings. The molecule has 1 saturated heterocycles. The maximum Gasteiger partial charge on any atom is 0.295 e. The molecule has 0 spiro atoms. The second-order valence-corrected chi connectivity index (χ2v) is 7.95. The zero-order chi connectivity index (χ0) is 19.7. The van der Waals surface area contributed by atoms with E-state index in [0.717, 1.165) is 17.8 Å². The van der Waals surface area contributed by atoms with Gasteiger partial charge in [0.1, 0.15) is 5.76 Å². The fourth-order valence-electron chi connectivity index (χ4n) is 3.45. The quantitative estimate of drug-likeness (QED) is 0.451. The lowest BCUT2D eigenvalue weighted by Gasteiger charge is -2.24. The van der Waals surface area contributed by atoms with Gasteiger partial charge < -0.3 is 14.9 Å². The zero-order valence-electron chi connectivity index (χ0n) is 15.9. The summed E-state index contributed by atoms with van der Waals surface area (Å²) < 4.78 is 0. The molecule has 1 amide bonds. The Morgan fingerprint density at radius 2 is 2.11 bits per heavy atom. The monoisotopic (exact) mass is 388 g/mol. The average molecular weight is 388 g/mol. The lowest BCUT2D eigenvalue weighted by molar-refractivity contribution is -0.139. The van der Waals surface area contributed by atoms with Crippen molar-refractivity contribution >= 4 is 28.8 Å². The number of aliphatic hydroxyl groups excluding tert-OH is 1. The summed E-state index contributed by atoms with van der Waals surface area (Å²) in [4.78, 5) is 30.0. The van der Waals surface area contributed by atoms with Crippen LogP contribution in [-0.2, 0) is 9.59 Å². The molecular formula is C19H24N4O3S. The molecule has 0 bridgehead atoms. The number of Topliss-reactive ketones (excluding diaryl/α,β-unsaturated/α-hetero) is 1. The zero-order valence-corrected chi connectivity index (χ0v) is 16.8. The molecule has 7 nitrogen and oxygen atoms in total. The number of carbonyl (C=O) groups excluding carboxylic acids is 2. The first-order chi connectivity index (χ1) is 12.8. The number of hydrogen-bond acceptors (Lipinski definition) is 6. The third-order valence-corrected chi connectivity index (χ3v) is 5.65. The van der Waals surface area contributed by atoms with Crippen molar-refractivity contribution < 1.29 is 14.7 Å². The lowest BCUT2D eigenvalue weighted by Crippen LogP contribution is -2.32. The molecule has 1 aliphatic heterocycles. The van der Waals surface area contributed by atoms with Gasteiger partial charge in [-0.15, -0.1) is 11.3 Å². The molecule has 144 valence electrons. The molecule has 27 heavy (non-hydrogen) atoms. The molecular weight excluding hydrogens is 364 g/mol. The molecule has 3 rings (SSSR count). The van der Waals surface area contributed by atoms with E-state index < -0.39 is 17.7 Å². The Kier molecular flexibility index (Phi) is 5.48. The minimum atomic E-state index is -0.643. The number of likely N-dealkylation sites (tertiary alicyclic amines) is 1. The number of H-pyrrole nitrogens is 1. The van der Waals surface area contributed by atoms with Crippen molar-refractivity contribution in [2.24, 2.45) is 0 Å². The molecule has 2 aromatic heterocycles. The van der Waals surface area contributed by atoms with E-state index in [9.17, 15) is 14.7 Å². The van der Waals surface area contributed by atoms with Gasteiger partial charge in [-0.3, -0.25) is 14.7 Å². The van der Waals surface area contributed by atoms with Gasteiger partial charge >= 0.3 is 0 Å². The minimum Gasteiger partial charge on any atom is -0.507 e. The number of thiophene rings is 1. The van der Waals surface area contributed by atoms with Crippen LogP contribution in [0.1, 0.15) is 34.3 Å². The van der Waals surface area contributed by atoms with E-state index in [1.54, 1.807) is 18.7 Å². The Hall–Kier alpha value is -2.45. The molecule has 0 unspecified atom stereocenters. The highest BCUT2D eigenvalue weighted by atomic mass is 32.1. The minimum absolute atomic E-state index is 0.139. The van der Waals surface area contributed by atoms with Gasteiger partial charge in [0.2, 0.25) is 0 Å². The summed E-state index contributed by atoms with van der Waals surface area (Å²) in [7, 11) is 3.94. The van der Waals surface area contributed by atoms with Crippen LogP contribution in [0.4, 0.5) is 0 Å². The van der Waals surface area contributed by atoms with Gasteiger partial charge in [-0.25, -0.2) is 0 Å². The number of nitrogens with zero attached hydrogens (tertiary/aromatic N) is 3. The molecule has 8 heteroatoms. The van der Waals surface area contributed by atoms with Crippen molar-refractivity contribution in [1.29, 1.82) is 0 Å². The second-order valence-electron chi connectivity index (χ2n) is 6.97. The summed E-state index contributed by atoms with van der Waals surface area (Å²) in [5.74, 6) is -1.37. The summed E-state index contributed by atoms with van der Waals surface area (Å²) in [6, 6.07) is 3.21. The number of aromatic nitrogens is 2. The van der Waals surface area contributed by atoms with Crippen LogP contribution < -0.4 is 0 Å². The van der Waals surface area contributed by atoms with E-state index >= 15 is 0 Å². The largest absolute Gasteiger partial charge is 0.507 e. The van der Waals surface area contributed by atoms with Crippen molar-refractivity contribution in [2.45, 2.75) is 26.3 Å². The number of rotatable bonds is 6. The van der Waals surface area contributed by atoms with Crippen LogP contribution in [0.2, 0.25) is 0 Å². The van der Waals surface area contributed by atoms with Crippen LogP contribution >= 0.6 is 11.3 Å². The third kappa shape index (κ3) is 3.54. The Morgan fingerprint density at radius 3 is 2.67 bits per heavy atom. The molecule has 1 fully saturated rings. The van der Waals surface area contributed by atoms with Gasteiger partial charge in [0.15, 0.2) is 0 Å². The van der Waals surface area contributed by atoms with E-state index in [1.165, 1.54) is 11.3 Å². The lowest BCUT2D eigenvalue weighted by atomic mass is 9.99. The molecule has 1 atom stereocenters. The molecule has 1 aliphatic rings. The van der Waals surface area contributed by atoms with Gasteiger partial charge in [-0.05, 0) is 52.4 Å². The van der Waals surface area contributed by atoms with E-state index in [-0.39, 0.29) is 11.3 Å². The van der Waals surface area contributed by atoms with Gasteiger partial charge in [0, 0.05) is 17.1 Å². The van der Waals surface area contributed by atoms with Gasteiger partial charge in [-0.2, -0.15) is 5.10 Å². The number of ketones is 1. The molecule has 0 aromatic carbocycles. The highest BCUT2D eigenvalue weighted by molar-refractivity contribution is 7.10. The van der Waals surface area contributed by atoms with E-state index in [0.29, 0.717) is 23.5 Å². The van der Waals surface area contributed by atoms with Gasteiger partial charge in [0.25, 0.3) is 11.7 Å². The van der Waals surface area contributed by atoms with Gasteiger partial charge in [-0.1, -0.05) is 6.07 Å². The number of aromatic amines is 1. The highest BCUT2D eigenvalue weighted by Crippen LogP contribution is 2.41. The maximum absolute atomic E-state index is 12.8. The van der Waals surface area contributed by atoms with Gasteiger partial charge in [0.05, 0.1) is 22.9 Å². The summed E-state index contributed by atoms with van der Waals surface area (Å²) >= 11 is 1.47. The fraction of sp³-hybridized carbons (Fsp3) is 0.421. The van der Waals surface area contributed by atoms with Crippen LogP contribution in [0, 0.1) is 13.8 Å².